The van der Waals surface area contributed by atoms with Crippen LogP contribution in [0.25, 0.3) is 0 Å². The highest BCUT2D eigenvalue weighted by Crippen LogP contribution is 2.35. The lowest BCUT2D eigenvalue weighted by molar-refractivity contribution is 0.00669. The Labute approximate surface area is 113 Å². The first-order chi connectivity index (χ1) is 8.97. The van der Waals surface area contributed by atoms with E-state index in [0.717, 1.165) is 0 Å². The number of ether oxygens (including phenoxy) is 3. The molecule has 0 saturated heterocycles. The van der Waals surface area contributed by atoms with Crippen LogP contribution in [0.3, 0.4) is 0 Å². The predicted molar refractivity (Wildman–Crippen MR) is 66.1 cm³/mol. The average Bonchev–Trinajstić information content (AvgIpc) is 2.80. The van der Waals surface area contributed by atoms with Gasteiger partial charge in [-0.25, -0.2) is 4.39 Å². The highest BCUT2D eigenvalue weighted by molar-refractivity contribution is 7.86. The first-order valence-corrected chi connectivity index (χ1v) is 7.95. The van der Waals surface area contributed by atoms with Crippen molar-refractivity contribution in [3.05, 3.63) is 10.8 Å². The van der Waals surface area contributed by atoms with E-state index in [1.165, 1.54) is 11.3 Å². The van der Waals surface area contributed by atoms with E-state index in [9.17, 15) is 12.8 Å². The van der Waals surface area contributed by atoms with Crippen molar-refractivity contribution in [2.75, 3.05) is 19.8 Å². The fourth-order valence-corrected chi connectivity index (χ4v) is 2.55. The Morgan fingerprint density at radius 3 is 3.00 bits per heavy atom. The molecule has 108 valence electrons. The molecule has 0 bridgehead atoms. The standard InChI is InChI=1S/C10H13FO6S2/c11-10(19(12,13)14)1-2-15-3-7-4-16-8-5-18-6-9(8)17-7/h5-7,10H,1-4H2,(H,12,13,14). The zero-order valence-electron chi connectivity index (χ0n) is 9.82. The Bertz CT molecular complexity index is 514. The molecular formula is C10H13FO6S2. The van der Waals surface area contributed by atoms with Gasteiger partial charge in [0, 0.05) is 17.2 Å². The van der Waals surface area contributed by atoms with Crippen molar-refractivity contribution in [2.24, 2.45) is 0 Å². The van der Waals surface area contributed by atoms with Crippen molar-refractivity contribution in [3.63, 3.8) is 0 Å². The van der Waals surface area contributed by atoms with E-state index in [0.29, 0.717) is 18.1 Å². The van der Waals surface area contributed by atoms with Gasteiger partial charge in [0.15, 0.2) is 17.6 Å². The maximum atomic E-state index is 12.9. The molecule has 0 amide bonds. The molecule has 1 aromatic rings. The number of fused-ring (bicyclic) bond motifs is 1. The summed E-state index contributed by atoms with van der Waals surface area (Å²) < 4.78 is 58.2. The van der Waals surface area contributed by atoms with Gasteiger partial charge in [0.2, 0.25) is 5.50 Å². The Morgan fingerprint density at radius 2 is 2.26 bits per heavy atom. The summed E-state index contributed by atoms with van der Waals surface area (Å²) in [7, 11) is -4.64. The highest BCUT2D eigenvalue weighted by atomic mass is 32.2. The average molecular weight is 312 g/mol. The zero-order valence-corrected chi connectivity index (χ0v) is 11.5. The second-order valence-corrected chi connectivity index (χ2v) is 6.22. The molecule has 1 aromatic heterocycles. The quantitative estimate of drug-likeness (QED) is 0.633. The smallest absolute Gasteiger partial charge is 0.297 e. The first kappa shape index (κ1) is 14.5. The monoisotopic (exact) mass is 312 g/mol. The third-order valence-corrected chi connectivity index (χ3v) is 4.01. The minimum absolute atomic E-state index is 0.128. The molecule has 0 aromatic carbocycles. The lowest BCUT2D eigenvalue weighted by Gasteiger charge is -2.24. The van der Waals surface area contributed by atoms with E-state index >= 15 is 0 Å². The lowest BCUT2D eigenvalue weighted by atomic mass is 10.3. The SMILES string of the molecule is O=S(=O)(O)C(F)CCOCC1COc2cscc2O1. The van der Waals surface area contributed by atoms with Gasteiger partial charge in [-0.2, -0.15) is 8.42 Å². The van der Waals surface area contributed by atoms with Crippen LogP contribution in [0.1, 0.15) is 6.42 Å². The van der Waals surface area contributed by atoms with Crippen LogP contribution < -0.4 is 9.47 Å². The topological polar surface area (TPSA) is 82.1 Å². The maximum absolute atomic E-state index is 12.9. The number of hydrogen-bond donors (Lipinski definition) is 1. The Balaban J connectivity index is 1.68. The Hall–Kier alpha value is -0.900. The first-order valence-electron chi connectivity index (χ1n) is 5.50. The molecule has 0 aliphatic carbocycles. The second-order valence-electron chi connectivity index (χ2n) is 3.94. The van der Waals surface area contributed by atoms with Crippen molar-refractivity contribution < 1.29 is 31.6 Å². The van der Waals surface area contributed by atoms with E-state index in [4.69, 9.17) is 18.8 Å². The molecule has 9 heteroatoms. The Kier molecular flexibility index (Phi) is 4.61. The minimum Gasteiger partial charge on any atom is -0.485 e. The van der Waals surface area contributed by atoms with Crippen molar-refractivity contribution in [1.29, 1.82) is 0 Å². The van der Waals surface area contributed by atoms with Gasteiger partial charge >= 0.3 is 0 Å². The third kappa shape index (κ3) is 4.03. The second kappa shape index (κ2) is 6.04. The van der Waals surface area contributed by atoms with Crippen LogP contribution in [0.2, 0.25) is 0 Å². The van der Waals surface area contributed by atoms with Crippen molar-refractivity contribution in [3.8, 4) is 11.5 Å². The van der Waals surface area contributed by atoms with E-state index < -0.39 is 22.0 Å². The van der Waals surface area contributed by atoms with Crippen molar-refractivity contribution in [2.45, 2.75) is 18.0 Å². The van der Waals surface area contributed by atoms with Gasteiger partial charge in [-0.05, 0) is 0 Å². The number of alkyl halides is 1. The van der Waals surface area contributed by atoms with Gasteiger partial charge in [-0.1, -0.05) is 0 Å². The highest BCUT2D eigenvalue weighted by Gasteiger charge is 2.24. The summed E-state index contributed by atoms with van der Waals surface area (Å²) in [5.41, 5.74) is -2.32. The summed E-state index contributed by atoms with van der Waals surface area (Å²) in [5.74, 6) is 1.34. The molecule has 0 saturated carbocycles. The maximum Gasteiger partial charge on any atom is 0.297 e. The molecule has 2 rings (SSSR count). The largest absolute Gasteiger partial charge is 0.485 e. The summed E-state index contributed by atoms with van der Waals surface area (Å²) in [6.45, 7) is 0.353. The minimum atomic E-state index is -4.64. The third-order valence-electron chi connectivity index (χ3n) is 2.43. The van der Waals surface area contributed by atoms with Crippen LogP contribution in [0.5, 0.6) is 11.5 Å². The molecule has 2 atom stereocenters. The number of thiophene rings is 1. The van der Waals surface area contributed by atoms with Gasteiger partial charge in [0.25, 0.3) is 10.1 Å². The molecule has 0 radical (unpaired) electrons. The van der Waals surface area contributed by atoms with Gasteiger partial charge in [-0.3, -0.25) is 4.55 Å². The molecule has 1 aliphatic rings. The Morgan fingerprint density at radius 1 is 1.53 bits per heavy atom. The fraction of sp³-hybridized carbons (Fsp3) is 0.600. The molecule has 0 fully saturated rings. The van der Waals surface area contributed by atoms with Crippen LogP contribution in [-0.4, -0.2) is 44.4 Å². The summed E-state index contributed by atoms with van der Waals surface area (Å²) in [6.07, 6.45) is -0.735. The summed E-state index contributed by atoms with van der Waals surface area (Å²) in [4.78, 5) is 0. The van der Waals surface area contributed by atoms with Gasteiger partial charge < -0.3 is 14.2 Å². The summed E-state index contributed by atoms with van der Waals surface area (Å²) in [6, 6.07) is 0. The molecular weight excluding hydrogens is 299 g/mol. The number of halogens is 1. The predicted octanol–water partition coefficient (Wildman–Crippen LogP) is 1.48. The van der Waals surface area contributed by atoms with E-state index in [-0.39, 0.29) is 19.3 Å². The van der Waals surface area contributed by atoms with Gasteiger partial charge in [0.05, 0.1) is 13.2 Å². The van der Waals surface area contributed by atoms with Crippen LogP contribution in [0.4, 0.5) is 4.39 Å². The van der Waals surface area contributed by atoms with E-state index in [1.807, 2.05) is 5.38 Å². The molecule has 2 unspecified atom stereocenters. The van der Waals surface area contributed by atoms with Gasteiger partial charge in [0.1, 0.15) is 6.61 Å². The normalized spacial score (nSPS) is 20.2. The van der Waals surface area contributed by atoms with E-state index in [2.05, 4.69) is 0 Å². The van der Waals surface area contributed by atoms with Crippen LogP contribution in [-0.2, 0) is 14.9 Å². The number of rotatable bonds is 6. The van der Waals surface area contributed by atoms with Crippen LogP contribution in [0, 0.1) is 0 Å². The molecule has 19 heavy (non-hydrogen) atoms. The summed E-state index contributed by atoms with van der Waals surface area (Å²) >= 11 is 1.46. The molecule has 6 nitrogen and oxygen atoms in total. The van der Waals surface area contributed by atoms with Crippen LogP contribution in [0.15, 0.2) is 10.8 Å². The summed E-state index contributed by atoms with van der Waals surface area (Å²) in [5, 5.41) is 3.63. The fourth-order valence-electron chi connectivity index (χ4n) is 1.48. The van der Waals surface area contributed by atoms with Gasteiger partial charge in [-0.15, -0.1) is 11.3 Å². The molecule has 1 N–H and O–H groups in total. The van der Waals surface area contributed by atoms with Crippen molar-refractivity contribution >= 4 is 21.5 Å². The number of hydrogen-bond acceptors (Lipinski definition) is 6. The lowest BCUT2D eigenvalue weighted by Crippen LogP contribution is -2.33. The molecule has 1 aliphatic heterocycles. The zero-order chi connectivity index (χ0) is 13.9. The molecule has 2 heterocycles. The van der Waals surface area contributed by atoms with E-state index in [1.54, 1.807) is 5.38 Å². The van der Waals surface area contributed by atoms with Crippen LogP contribution >= 0.6 is 11.3 Å². The molecule has 0 spiro atoms. The van der Waals surface area contributed by atoms with Crippen molar-refractivity contribution in [1.82, 2.24) is 0 Å².